The Morgan fingerprint density at radius 3 is 2.76 bits per heavy atom. The molecule has 3 N–H and O–H groups in total. The van der Waals surface area contributed by atoms with Gasteiger partial charge in [0.15, 0.2) is 0 Å². The number of nitrogens with zero attached hydrogens (tertiary/aromatic N) is 1. The number of aliphatic hydroxyl groups is 1. The fourth-order valence-electron chi connectivity index (χ4n) is 2.38. The van der Waals surface area contributed by atoms with E-state index in [2.05, 4.69) is 24.0 Å². The summed E-state index contributed by atoms with van der Waals surface area (Å²) >= 11 is 0. The minimum Gasteiger partial charge on any atom is -0.399 e. The Bertz CT molecular complexity index is 374. The van der Waals surface area contributed by atoms with E-state index in [0.717, 1.165) is 18.7 Å². The lowest BCUT2D eigenvalue weighted by atomic mass is 9.90. The zero-order chi connectivity index (χ0) is 12.3. The maximum atomic E-state index is 9.01. The van der Waals surface area contributed by atoms with Crippen molar-refractivity contribution in [3.05, 3.63) is 23.8 Å². The Morgan fingerprint density at radius 2 is 2.18 bits per heavy atom. The van der Waals surface area contributed by atoms with E-state index in [0.29, 0.717) is 6.04 Å². The van der Waals surface area contributed by atoms with Gasteiger partial charge in [-0.3, -0.25) is 0 Å². The van der Waals surface area contributed by atoms with Gasteiger partial charge in [-0.2, -0.15) is 0 Å². The number of aliphatic hydroxyl groups excluding tert-OH is 1. The molecule has 1 saturated carbocycles. The molecule has 2 rings (SSSR count). The number of nitrogens with two attached hydrogens (primary N) is 1. The van der Waals surface area contributed by atoms with E-state index >= 15 is 0 Å². The molecule has 0 bridgehead atoms. The van der Waals surface area contributed by atoms with Crippen LogP contribution in [0, 0.1) is 6.92 Å². The van der Waals surface area contributed by atoms with E-state index < -0.39 is 0 Å². The molecule has 0 unspecified atom stereocenters. The van der Waals surface area contributed by atoms with Crippen molar-refractivity contribution >= 4 is 11.4 Å². The first-order valence-electron chi connectivity index (χ1n) is 6.46. The van der Waals surface area contributed by atoms with Crippen LogP contribution in [0.4, 0.5) is 11.4 Å². The van der Waals surface area contributed by atoms with Gasteiger partial charge in [-0.25, -0.2) is 0 Å². The van der Waals surface area contributed by atoms with Crippen LogP contribution < -0.4 is 10.6 Å². The smallest absolute Gasteiger partial charge is 0.0447 e. The lowest BCUT2D eigenvalue weighted by Gasteiger charge is -2.40. The minimum atomic E-state index is 0.255. The molecule has 0 atom stereocenters. The van der Waals surface area contributed by atoms with Gasteiger partial charge in [0, 0.05) is 30.6 Å². The van der Waals surface area contributed by atoms with Crippen molar-refractivity contribution in [3.8, 4) is 0 Å². The van der Waals surface area contributed by atoms with Gasteiger partial charge in [0.25, 0.3) is 0 Å². The number of hydrogen-bond acceptors (Lipinski definition) is 3. The van der Waals surface area contributed by atoms with Gasteiger partial charge in [-0.05, 0) is 50.3 Å². The molecule has 0 radical (unpaired) electrons. The average molecular weight is 234 g/mol. The SMILES string of the molecule is Cc1ccc(N)cc1N(CCCO)C1CCC1. The van der Waals surface area contributed by atoms with E-state index in [4.69, 9.17) is 10.8 Å². The van der Waals surface area contributed by atoms with E-state index in [9.17, 15) is 0 Å². The molecule has 0 saturated heterocycles. The van der Waals surface area contributed by atoms with Gasteiger partial charge in [-0.15, -0.1) is 0 Å². The number of rotatable bonds is 5. The Kier molecular flexibility index (Phi) is 3.89. The molecule has 0 amide bonds. The number of benzene rings is 1. The number of hydrogen-bond donors (Lipinski definition) is 2. The van der Waals surface area contributed by atoms with Crippen molar-refractivity contribution in [2.24, 2.45) is 0 Å². The van der Waals surface area contributed by atoms with Crippen molar-refractivity contribution in [1.29, 1.82) is 0 Å². The standard InChI is InChI=1S/C14H22N2O/c1-11-6-7-12(15)10-14(11)16(8-3-9-17)13-4-2-5-13/h6-7,10,13,17H,2-5,8-9,15H2,1H3. The molecule has 1 fully saturated rings. The summed E-state index contributed by atoms with van der Waals surface area (Å²) in [5, 5.41) is 9.01. The molecule has 1 aromatic carbocycles. The van der Waals surface area contributed by atoms with Crippen LogP contribution >= 0.6 is 0 Å². The normalized spacial score (nSPS) is 15.6. The van der Waals surface area contributed by atoms with Crippen molar-refractivity contribution in [2.75, 3.05) is 23.8 Å². The molecule has 1 aliphatic rings. The van der Waals surface area contributed by atoms with E-state index in [1.54, 1.807) is 0 Å². The van der Waals surface area contributed by atoms with Gasteiger partial charge in [0.05, 0.1) is 0 Å². The van der Waals surface area contributed by atoms with Crippen LogP contribution in [0.1, 0.15) is 31.2 Å². The lowest BCUT2D eigenvalue weighted by molar-refractivity contribution is 0.283. The second-order valence-electron chi connectivity index (χ2n) is 4.90. The minimum absolute atomic E-state index is 0.255. The molecule has 17 heavy (non-hydrogen) atoms. The first-order chi connectivity index (χ1) is 8.22. The first kappa shape index (κ1) is 12.2. The van der Waals surface area contributed by atoms with Gasteiger partial charge in [-0.1, -0.05) is 6.07 Å². The highest BCUT2D eigenvalue weighted by Gasteiger charge is 2.25. The predicted molar refractivity (Wildman–Crippen MR) is 72.3 cm³/mol. The summed E-state index contributed by atoms with van der Waals surface area (Å²) in [6.45, 7) is 3.30. The third-order valence-corrected chi connectivity index (χ3v) is 3.62. The third-order valence-electron chi connectivity index (χ3n) is 3.62. The first-order valence-corrected chi connectivity index (χ1v) is 6.46. The molecule has 0 aromatic heterocycles. The molecule has 1 aliphatic carbocycles. The summed E-state index contributed by atoms with van der Waals surface area (Å²) in [7, 11) is 0. The van der Waals surface area contributed by atoms with Gasteiger partial charge in [0.2, 0.25) is 0 Å². The number of aryl methyl sites for hydroxylation is 1. The lowest BCUT2D eigenvalue weighted by Crippen LogP contribution is -2.41. The van der Waals surface area contributed by atoms with Crippen LogP contribution in [0.15, 0.2) is 18.2 Å². The molecular formula is C14H22N2O. The fraction of sp³-hybridized carbons (Fsp3) is 0.571. The van der Waals surface area contributed by atoms with Gasteiger partial charge in [0.1, 0.15) is 0 Å². The summed E-state index contributed by atoms with van der Waals surface area (Å²) in [4.78, 5) is 2.42. The van der Waals surface area contributed by atoms with Crippen LogP contribution in [0.3, 0.4) is 0 Å². The van der Waals surface area contributed by atoms with Crippen LogP contribution in [-0.2, 0) is 0 Å². The largest absolute Gasteiger partial charge is 0.399 e. The molecule has 0 aliphatic heterocycles. The molecule has 1 aromatic rings. The highest BCUT2D eigenvalue weighted by atomic mass is 16.3. The Balaban J connectivity index is 2.20. The maximum absolute atomic E-state index is 9.01. The number of nitrogen functional groups attached to an aromatic ring is 1. The maximum Gasteiger partial charge on any atom is 0.0447 e. The highest BCUT2D eigenvalue weighted by molar-refractivity contribution is 5.61. The van der Waals surface area contributed by atoms with E-state index in [1.807, 2.05) is 6.07 Å². The molecule has 3 nitrogen and oxygen atoms in total. The average Bonchev–Trinajstić information content (AvgIpc) is 2.25. The predicted octanol–water partition coefficient (Wildman–Crippen LogP) is 2.32. The van der Waals surface area contributed by atoms with Gasteiger partial charge >= 0.3 is 0 Å². The summed E-state index contributed by atoms with van der Waals surface area (Å²) in [6.07, 6.45) is 4.67. The van der Waals surface area contributed by atoms with Crippen LogP contribution in [0.25, 0.3) is 0 Å². The molecule has 94 valence electrons. The zero-order valence-electron chi connectivity index (χ0n) is 10.5. The van der Waals surface area contributed by atoms with Crippen LogP contribution in [-0.4, -0.2) is 24.3 Å². The summed E-state index contributed by atoms with van der Waals surface area (Å²) in [5.41, 5.74) is 9.20. The second-order valence-corrected chi connectivity index (χ2v) is 4.90. The zero-order valence-corrected chi connectivity index (χ0v) is 10.5. The second kappa shape index (κ2) is 5.41. The summed E-state index contributed by atoms with van der Waals surface area (Å²) in [6, 6.07) is 6.73. The van der Waals surface area contributed by atoms with Crippen LogP contribution in [0.2, 0.25) is 0 Å². The van der Waals surface area contributed by atoms with E-state index in [-0.39, 0.29) is 6.61 Å². The highest BCUT2D eigenvalue weighted by Crippen LogP contribution is 2.32. The van der Waals surface area contributed by atoms with Crippen molar-refractivity contribution in [1.82, 2.24) is 0 Å². The Hall–Kier alpha value is -1.22. The Morgan fingerprint density at radius 1 is 1.41 bits per heavy atom. The fourth-order valence-corrected chi connectivity index (χ4v) is 2.38. The molecule has 3 heteroatoms. The molecular weight excluding hydrogens is 212 g/mol. The van der Waals surface area contributed by atoms with Crippen molar-refractivity contribution < 1.29 is 5.11 Å². The Labute approximate surface area is 103 Å². The monoisotopic (exact) mass is 234 g/mol. The summed E-state index contributed by atoms with van der Waals surface area (Å²) < 4.78 is 0. The third kappa shape index (κ3) is 2.72. The quantitative estimate of drug-likeness (QED) is 0.769. The topological polar surface area (TPSA) is 49.5 Å². The molecule has 0 spiro atoms. The molecule has 0 heterocycles. The van der Waals surface area contributed by atoms with Crippen molar-refractivity contribution in [3.63, 3.8) is 0 Å². The van der Waals surface area contributed by atoms with Crippen LogP contribution in [0.5, 0.6) is 0 Å². The summed E-state index contributed by atoms with van der Waals surface area (Å²) in [5.74, 6) is 0. The van der Waals surface area contributed by atoms with Crippen molar-refractivity contribution in [2.45, 2.75) is 38.6 Å². The number of anilines is 2. The van der Waals surface area contributed by atoms with Gasteiger partial charge < -0.3 is 15.7 Å². The van der Waals surface area contributed by atoms with E-state index in [1.165, 1.54) is 30.5 Å².